The van der Waals surface area contributed by atoms with Crippen molar-refractivity contribution >= 4 is 22.4 Å². The summed E-state index contributed by atoms with van der Waals surface area (Å²) in [5.74, 6) is 0.558. The third-order valence-electron chi connectivity index (χ3n) is 3.71. The Kier molecular flexibility index (Phi) is 3.23. The van der Waals surface area contributed by atoms with Gasteiger partial charge in [-0.3, -0.25) is 0 Å². The predicted octanol–water partition coefficient (Wildman–Crippen LogP) is 3.20. The Morgan fingerprint density at radius 1 is 1.29 bits per heavy atom. The van der Waals surface area contributed by atoms with E-state index in [0.29, 0.717) is 28.8 Å². The number of anilines is 1. The van der Waals surface area contributed by atoms with E-state index in [1.807, 2.05) is 0 Å². The molecule has 1 aliphatic carbocycles. The first kappa shape index (κ1) is 14.0. The summed E-state index contributed by atoms with van der Waals surface area (Å²) in [6.45, 7) is 0. The molecule has 1 aliphatic rings. The van der Waals surface area contributed by atoms with Crippen LogP contribution >= 0.6 is 0 Å². The van der Waals surface area contributed by atoms with Gasteiger partial charge in [-0.1, -0.05) is 5.11 Å². The number of aromatic nitrogens is 4. The molecule has 3 aromatic rings. The number of rotatable bonds is 4. The zero-order valence-corrected chi connectivity index (χ0v) is 12.5. The van der Waals surface area contributed by atoms with Crippen LogP contribution in [-0.2, 0) is 0 Å². The number of nitrogens with one attached hydrogen (secondary N) is 1. The Hall–Kier alpha value is -3.63. The summed E-state index contributed by atoms with van der Waals surface area (Å²) in [6.07, 6.45) is 6.84. The van der Waals surface area contributed by atoms with Crippen LogP contribution in [0.15, 0.2) is 35.8 Å². The Bertz CT molecular complexity index is 1020. The van der Waals surface area contributed by atoms with Gasteiger partial charge >= 0.3 is 0 Å². The maximum Gasteiger partial charge on any atom is 0.164 e. The third kappa shape index (κ3) is 2.47. The van der Waals surface area contributed by atoms with E-state index >= 15 is 0 Å². The molecule has 24 heavy (non-hydrogen) atoms. The highest BCUT2D eigenvalue weighted by molar-refractivity contribution is 5.78. The number of hydrogen-bond donors (Lipinski definition) is 1. The Morgan fingerprint density at radius 2 is 2.17 bits per heavy atom. The van der Waals surface area contributed by atoms with Crippen LogP contribution in [0.1, 0.15) is 18.4 Å². The maximum absolute atomic E-state index is 8.95. The molecule has 0 radical (unpaired) electrons. The van der Waals surface area contributed by atoms with Gasteiger partial charge in [0.05, 0.1) is 17.4 Å². The van der Waals surface area contributed by atoms with Gasteiger partial charge in [-0.25, -0.2) is 9.97 Å². The van der Waals surface area contributed by atoms with Gasteiger partial charge in [0.2, 0.25) is 0 Å². The molecule has 0 aliphatic heterocycles. The van der Waals surface area contributed by atoms with Crippen LogP contribution in [0, 0.1) is 11.3 Å². The van der Waals surface area contributed by atoms with Crippen LogP contribution in [0.25, 0.3) is 27.3 Å². The van der Waals surface area contributed by atoms with Gasteiger partial charge < -0.3 is 5.32 Å². The van der Waals surface area contributed by atoms with Crippen molar-refractivity contribution in [3.05, 3.63) is 46.7 Å². The topological polar surface area (TPSA) is 128 Å². The van der Waals surface area contributed by atoms with E-state index in [9.17, 15) is 0 Å². The van der Waals surface area contributed by atoms with E-state index in [0.717, 1.165) is 23.9 Å². The smallest absolute Gasteiger partial charge is 0.164 e. The Morgan fingerprint density at radius 3 is 2.92 bits per heavy atom. The number of nitrogens with zero attached hydrogens (tertiary/aromatic N) is 8. The van der Waals surface area contributed by atoms with E-state index in [2.05, 4.69) is 36.5 Å². The van der Waals surface area contributed by atoms with Gasteiger partial charge in [0.25, 0.3) is 0 Å². The van der Waals surface area contributed by atoms with Crippen LogP contribution in [0.5, 0.6) is 0 Å². The largest absolute Gasteiger partial charge is 0.382 e. The lowest BCUT2D eigenvalue weighted by molar-refractivity contribution is 0.862. The minimum Gasteiger partial charge on any atom is -0.382 e. The first-order valence-corrected chi connectivity index (χ1v) is 7.34. The van der Waals surface area contributed by atoms with Crippen LogP contribution in [0.3, 0.4) is 0 Å². The van der Waals surface area contributed by atoms with Crippen LogP contribution in [0.4, 0.5) is 11.4 Å². The Labute approximate surface area is 136 Å². The average Bonchev–Trinajstić information content (AvgIpc) is 3.32. The monoisotopic (exact) mass is 317 g/mol. The molecule has 3 aromatic heterocycles. The molecule has 116 valence electrons. The summed E-state index contributed by atoms with van der Waals surface area (Å²) in [5.41, 5.74) is 10.9. The number of nitriles is 1. The predicted molar refractivity (Wildman–Crippen MR) is 86.8 cm³/mol. The van der Waals surface area contributed by atoms with Crippen molar-refractivity contribution in [1.82, 2.24) is 19.7 Å². The van der Waals surface area contributed by atoms with E-state index in [-0.39, 0.29) is 0 Å². The quantitative estimate of drug-likeness (QED) is 0.449. The second-order valence-electron chi connectivity index (χ2n) is 5.47. The molecule has 0 amide bonds. The molecule has 0 unspecified atom stereocenters. The average molecular weight is 317 g/mol. The number of fused-ring (bicyclic) bond motifs is 1. The second-order valence-corrected chi connectivity index (χ2v) is 5.47. The summed E-state index contributed by atoms with van der Waals surface area (Å²) >= 11 is 0. The van der Waals surface area contributed by atoms with Crippen molar-refractivity contribution < 1.29 is 0 Å². The van der Waals surface area contributed by atoms with Crippen molar-refractivity contribution in [2.75, 3.05) is 5.32 Å². The first-order valence-electron chi connectivity index (χ1n) is 7.34. The molecule has 0 saturated heterocycles. The fraction of sp³-hybridized carbons (Fsp3) is 0.200. The lowest BCUT2D eigenvalue weighted by atomic mass is 10.2. The number of hydrogen-bond acceptors (Lipinski definition) is 6. The summed E-state index contributed by atoms with van der Waals surface area (Å²) in [7, 11) is 0. The van der Waals surface area contributed by atoms with Crippen LogP contribution in [-0.4, -0.2) is 25.8 Å². The standard InChI is InChI=1S/C15H11N9/c16-5-9-3-10-7-20-24(15(10)19-6-9)14-4-12(21-11-1-2-11)13(8-18-14)22-23-17/h3-4,6-8,11H,1-2H2,(H,18,21). The van der Waals surface area contributed by atoms with Gasteiger partial charge in [-0.2, -0.15) is 15.0 Å². The molecule has 0 spiro atoms. The molecular formula is C15H11N9. The number of azide groups is 1. The molecule has 9 nitrogen and oxygen atoms in total. The van der Waals surface area contributed by atoms with E-state index in [1.54, 1.807) is 23.0 Å². The third-order valence-corrected chi connectivity index (χ3v) is 3.71. The Balaban J connectivity index is 1.81. The normalized spacial score (nSPS) is 13.3. The van der Waals surface area contributed by atoms with Gasteiger partial charge in [-0.15, -0.1) is 0 Å². The number of pyridine rings is 2. The molecule has 0 atom stereocenters. The molecular weight excluding hydrogens is 306 g/mol. The zero-order chi connectivity index (χ0) is 16.5. The highest BCUT2D eigenvalue weighted by Gasteiger charge is 2.22. The second kappa shape index (κ2) is 5.53. The zero-order valence-electron chi connectivity index (χ0n) is 12.5. The summed E-state index contributed by atoms with van der Waals surface area (Å²) < 4.78 is 1.59. The van der Waals surface area contributed by atoms with Gasteiger partial charge in [0.1, 0.15) is 6.07 Å². The summed E-state index contributed by atoms with van der Waals surface area (Å²) in [4.78, 5) is 11.4. The molecule has 4 rings (SSSR count). The van der Waals surface area contributed by atoms with E-state index in [1.165, 1.54) is 12.4 Å². The van der Waals surface area contributed by atoms with Crippen molar-refractivity contribution in [1.29, 1.82) is 5.26 Å². The molecule has 1 fully saturated rings. The van der Waals surface area contributed by atoms with Crippen molar-refractivity contribution in [2.24, 2.45) is 5.11 Å². The summed E-state index contributed by atoms with van der Waals surface area (Å²) in [6, 6.07) is 5.97. The van der Waals surface area contributed by atoms with Gasteiger partial charge in [0, 0.05) is 40.5 Å². The molecule has 1 N–H and O–H groups in total. The molecule has 1 saturated carbocycles. The van der Waals surface area contributed by atoms with Crippen LogP contribution < -0.4 is 5.32 Å². The summed E-state index contributed by atoms with van der Waals surface area (Å²) in [5, 5.41) is 21.0. The highest BCUT2D eigenvalue weighted by atomic mass is 15.3. The lowest BCUT2D eigenvalue weighted by Crippen LogP contribution is -2.05. The van der Waals surface area contributed by atoms with E-state index in [4.69, 9.17) is 10.8 Å². The minimum absolute atomic E-state index is 0.401. The van der Waals surface area contributed by atoms with Crippen molar-refractivity contribution in [2.45, 2.75) is 18.9 Å². The fourth-order valence-electron chi connectivity index (χ4n) is 2.39. The van der Waals surface area contributed by atoms with Crippen LogP contribution in [0.2, 0.25) is 0 Å². The lowest BCUT2D eigenvalue weighted by Gasteiger charge is -2.10. The van der Waals surface area contributed by atoms with Gasteiger partial charge in [0.15, 0.2) is 11.5 Å². The SMILES string of the molecule is N#Cc1cnc2c(cnn2-c2cc(NC3CC3)c(N=[N+]=[N-])cn2)c1. The maximum atomic E-state index is 8.95. The highest BCUT2D eigenvalue weighted by Crippen LogP contribution is 2.32. The minimum atomic E-state index is 0.401. The van der Waals surface area contributed by atoms with Crippen molar-refractivity contribution in [3.8, 4) is 11.9 Å². The van der Waals surface area contributed by atoms with Gasteiger partial charge in [-0.05, 0) is 24.4 Å². The molecule has 3 heterocycles. The molecule has 9 heteroatoms. The fourth-order valence-corrected chi connectivity index (χ4v) is 2.39. The molecule has 0 bridgehead atoms. The molecule has 0 aromatic carbocycles. The van der Waals surface area contributed by atoms with E-state index < -0.39 is 0 Å². The van der Waals surface area contributed by atoms with Crippen molar-refractivity contribution in [3.63, 3.8) is 0 Å². The first-order chi connectivity index (χ1) is 11.8.